The van der Waals surface area contributed by atoms with E-state index in [9.17, 15) is 9.59 Å². The fourth-order valence-corrected chi connectivity index (χ4v) is 3.95. The number of aryl methyl sites for hydroxylation is 1. The molecular weight excluding hydrogens is 458 g/mol. The van der Waals surface area contributed by atoms with Crippen molar-refractivity contribution in [1.82, 2.24) is 9.55 Å². The molecule has 0 N–H and O–H groups in total. The zero-order valence-corrected chi connectivity index (χ0v) is 22.8. The van der Waals surface area contributed by atoms with E-state index in [1.807, 2.05) is 73.6 Å². The molecule has 0 aliphatic carbocycles. The summed E-state index contributed by atoms with van der Waals surface area (Å²) in [5, 5.41) is 0.845. The Morgan fingerprint density at radius 3 is 2.28 bits per heavy atom. The molecule has 0 fully saturated rings. The molecule has 1 amide bonds. The Labute approximate surface area is 213 Å². The highest BCUT2D eigenvalue weighted by molar-refractivity contribution is 5.95. The third-order valence-corrected chi connectivity index (χ3v) is 5.45. The molecule has 1 aromatic carbocycles. The first-order valence-corrected chi connectivity index (χ1v) is 12.1. The van der Waals surface area contributed by atoms with E-state index < -0.39 is 23.4 Å². The van der Waals surface area contributed by atoms with Crippen molar-refractivity contribution in [2.75, 3.05) is 12.0 Å². The van der Waals surface area contributed by atoms with Gasteiger partial charge in [-0.05, 0) is 73.1 Å². The van der Waals surface area contributed by atoms with Crippen LogP contribution in [0.1, 0.15) is 65.3 Å². The van der Waals surface area contributed by atoms with Gasteiger partial charge in [0, 0.05) is 34.6 Å². The van der Waals surface area contributed by atoms with Gasteiger partial charge in [0.1, 0.15) is 17.0 Å². The number of carbonyl (C=O) groups is 2. The third kappa shape index (κ3) is 6.17. The number of hydrogen-bond donors (Lipinski definition) is 0. The Balaban J connectivity index is 2.10. The van der Waals surface area contributed by atoms with E-state index in [0.717, 1.165) is 22.3 Å². The second kappa shape index (κ2) is 10.2. The molecule has 0 aliphatic heterocycles. The van der Waals surface area contributed by atoms with Crippen LogP contribution in [0.2, 0.25) is 0 Å². The number of ether oxygens (including phenoxy) is 3. The zero-order valence-electron chi connectivity index (χ0n) is 22.8. The van der Waals surface area contributed by atoms with Crippen LogP contribution >= 0.6 is 0 Å². The lowest BCUT2D eigenvalue weighted by molar-refractivity contribution is 0.0542. The second-order valence-corrected chi connectivity index (χ2v) is 10.7. The van der Waals surface area contributed by atoms with Gasteiger partial charge in [-0.15, -0.1) is 0 Å². The first-order valence-electron chi connectivity index (χ1n) is 12.1. The summed E-state index contributed by atoms with van der Waals surface area (Å²) in [6, 6.07) is 7.33. The number of fused-ring (bicyclic) bond motifs is 1. The number of benzene rings is 1. The Kier molecular flexibility index (Phi) is 7.67. The van der Waals surface area contributed by atoms with Gasteiger partial charge in [0.25, 0.3) is 0 Å². The summed E-state index contributed by atoms with van der Waals surface area (Å²) in [6.07, 6.45) is 3.10. The van der Waals surface area contributed by atoms with Crippen molar-refractivity contribution in [2.24, 2.45) is 0 Å². The van der Waals surface area contributed by atoms with Crippen molar-refractivity contribution in [3.8, 4) is 5.75 Å². The molecule has 0 saturated heterocycles. The van der Waals surface area contributed by atoms with Gasteiger partial charge in [-0.2, -0.15) is 0 Å². The number of carbonyl (C=O) groups excluding carboxylic acids is 2. The number of methoxy groups -OCH3 is 1. The minimum atomic E-state index is -0.692. The highest BCUT2D eigenvalue weighted by Gasteiger charge is 2.27. The largest absolute Gasteiger partial charge is 0.496 e. The van der Waals surface area contributed by atoms with Gasteiger partial charge in [-0.1, -0.05) is 13.0 Å². The number of amides is 1. The van der Waals surface area contributed by atoms with E-state index >= 15 is 0 Å². The third-order valence-electron chi connectivity index (χ3n) is 5.45. The van der Waals surface area contributed by atoms with Crippen molar-refractivity contribution in [3.05, 3.63) is 53.5 Å². The van der Waals surface area contributed by atoms with E-state index in [2.05, 4.69) is 4.98 Å². The van der Waals surface area contributed by atoms with Gasteiger partial charge in [0.15, 0.2) is 0 Å². The van der Waals surface area contributed by atoms with Crippen LogP contribution in [0, 0.1) is 6.92 Å². The van der Waals surface area contributed by atoms with Crippen LogP contribution in [0.4, 0.5) is 15.3 Å². The van der Waals surface area contributed by atoms with Crippen molar-refractivity contribution in [3.63, 3.8) is 0 Å². The molecule has 2 heterocycles. The predicted octanol–water partition coefficient (Wildman–Crippen LogP) is 6.64. The first kappa shape index (κ1) is 27.0. The van der Waals surface area contributed by atoms with E-state index in [1.165, 1.54) is 9.47 Å². The number of hydrogen-bond acceptors (Lipinski definition) is 6. The summed E-state index contributed by atoms with van der Waals surface area (Å²) in [6.45, 7) is 15.1. The topological polar surface area (TPSA) is 82.9 Å². The highest BCUT2D eigenvalue weighted by atomic mass is 16.6. The van der Waals surface area contributed by atoms with Crippen LogP contribution in [-0.2, 0) is 22.4 Å². The molecule has 8 heteroatoms. The summed E-state index contributed by atoms with van der Waals surface area (Å²) in [5.74, 6) is 0.765. The van der Waals surface area contributed by atoms with Crippen LogP contribution in [-0.4, -0.2) is 40.0 Å². The van der Waals surface area contributed by atoms with E-state index in [-0.39, 0.29) is 6.54 Å². The fourth-order valence-electron chi connectivity index (χ4n) is 3.95. The number of rotatable bonds is 5. The van der Waals surface area contributed by atoms with Crippen molar-refractivity contribution in [1.29, 1.82) is 0 Å². The number of nitrogens with zero attached hydrogens (tertiary/aromatic N) is 3. The van der Waals surface area contributed by atoms with Crippen molar-refractivity contribution in [2.45, 2.75) is 79.6 Å². The molecule has 8 nitrogen and oxygen atoms in total. The van der Waals surface area contributed by atoms with Gasteiger partial charge in [-0.3, -0.25) is 14.5 Å². The predicted molar refractivity (Wildman–Crippen MR) is 141 cm³/mol. The van der Waals surface area contributed by atoms with Gasteiger partial charge < -0.3 is 14.2 Å². The molecule has 3 aromatic rings. The van der Waals surface area contributed by atoms with Gasteiger partial charge >= 0.3 is 12.2 Å². The minimum Gasteiger partial charge on any atom is -0.496 e. The monoisotopic (exact) mass is 495 g/mol. The summed E-state index contributed by atoms with van der Waals surface area (Å²) in [7, 11) is 1.63. The molecule has 0 bridgehead atoms. The van der Waals surface area contributed by atoms with Crippen LogP contribution < -0.4 is 9.64 Å². The summed E-state index contributed by atoms with van der Waals surface area (Å²) >= 11 is 0. The van der Waals surface area contributed by atoms with Gasteiger partial charge in [0.05, 0.1) is 24.9 Å². The van der Waals surface area contributed by atoms with Gasteiger partial charge in [-0.25, -0.2) is 9.59 Å². The average molecular weight is 496 g/mol. The van der Waals surface area contributed by atoms with Gasteiger partial charge in [0.2, 0.25) is 0 Å². The SMILES string of the molecule is CCc1c(CN(C(=O)OC(C)(C)C)c2ccc3ccn(C(=O)OC(C)(C)C)c3c2)ncc(C)c1OC. The van der Waals surface area contributed by atoms with Crippen molar-refractivity contribution < 1.29 is 23.8 Å². The lowest BCUT2D eigenvalue weighted by Crippen LogP contribution is -2.37. The molecule has 0 radical (unpaired) electrons. The molecule has 194 valence electrons. The second-order valence-electron chi connectivity index (χ2n) is 10.7. The van der Waals surface area contributed by atoms with Crippen LogP contribution in [0.25, 0.3) is 10.9 Å². The number of anilines is 1. The molecule has 0 aliphatic rings. The standard InChI is InChI=1S/C28H37N3O5/c1-10-21-22(29-16-18(2)24(21)34-9)17-31(26(33)36-28(6,7)8)20-12-11-19-13-14-30(23(19)15-20)25(32)35-27(3,4)5/h11-16H,10,17H2,1-9H3. The molecule has 36 heavy (non-hydrogen) atoms. The Hall–Kier alpha value is -3.55. The zero-order chi connectivity index (χ0) is 26.8. The quantitative estimate of drug-likeness (QED) is 0.394. The smallest absolute Gasteiger partial charge is 0.418 e. The van der Waals surface area contributed by atoms with Crippen molar-refractivity contribution >= 4 is 28.8 Å². The minimum absolute atomic E-state index is 0.174. The van der Waals surface area contributed by atoms with Crippen LogP contribution in [0.15, 0.2) is 36.7 Å². The highest BCUT2D eigenvalue weighted by Crippen LogP contribution is 2.30. The molecule has 2 aromatic heterocycles. The Morgan fingerprint density at radius 1 is 1.03 bits per heavy atom. The Morgan fingerprint density at radius 2 is 1.69 bits per heavy atom. The summed E-state index contributed by atoms with van der Waals surface area (Å²) in [5.41, 5.74) is 2.45. The lowest BCUT2D eigenvalue weighted by atomic mass is 10.1. The maximum absolute atomic E-state index is 13.4. The van der Waals surface area contributed by atoms with E-state index in [4.69, 9.17) is 14.2 Å². The molecule has 3 rings (SSSR count). The normalized spacial score (nSPS) is 11.9. The molecule has 0 unspecified atom stereocenters. The lowest BCUT2D eigenvalue weighted by Gasteiger charge is -2.28. The van der Waals surface area contributed by atoms with Crippen LogP contribution in [0.5, 0.6) is 5.75 Å². The van der Waals surface area contributed by atoms with E-state index in [1.54, 1.807) is 25.6 Å². The fraction of sp³-hybridized carbons (Fsp3) is 0.464. The first-order chi connectivity index (χ1) is 16.7. The molecule has 0 saturated carbocycles. The Bertz CT molecular complexity index is 1260. The number of aromatic nitrogens is 2. The maximum atomic E-state index is 13.4. The van der Waals surface area contributed by atoms with Crippen LogP contribution in [0.3, 0.4) is 0 Å². The molecule has 0 atom stereocenters. The van der Waals surface area contributed by atoms with E-state index in [0.29, 0.717) is 23.3 Å². The molecular formula is C28H37N3O5. The maximum Gasteiger partial charge on any atom is 0.418 e. The summed E-state index contributed by atoms with van der Waals surface area (Å²) in [4.78, 5) is 32.4. The molecule has 0 spiro atoms. The average Bonchev–Trinajstić information content (AvgIpc) is 3.18. The number of pyridine rings is 1. The summed E-state index contributed by atoms with van der Waals surface area (Å²) < 4.78 is 18.4.